The molecule has 9 aromatic carbocycles. The largest absolute Gasteiger partial charge is 0.456 e. The molecule has 0 atom stereocenters. The van der Waals surface area contributed by atoms with Gasteiger partial charge in [-0.15, -0.1) is 0 Å². The number of rotatable bonds is 6. The van der Waals surface area contributed by atoms with Gasteiger partial charge in [-0.05, 0) is 76.3 Å². The Morgan fingerprint density at radius 2 is 1.04 bits per heavy atom. The zero-order valence-electron chi connectivity index (χ0n) is 29.3. The maximum Gasteiger partial charge on any atom is 0.242 e. The minimum absolute atomic E-state index is 0.0366. The molecule has 0 saturated heterocycles. The Morgan fingerprint density at radius 3 is 1.93 bits per heavy atom. The van der Waals surface area contributed by atoms with Crippen molar-refractivity contribution in [1.29, 1.82) is 0 Å². The van der Waals surface area contributed by atoms with Crippen molar-refractivity contribution in [2.45, 2.75) is 0 Å². The lowest BCUT2D eigenvalue weighted by molar-refractivity contribution is 0.487. The van der Waals surface area contributed by atoms with Crippen molar-refractivity contribution in [3.8, 4) is 22.6 Å². The van der Waals surface area contributed by atoms with E-state index < -0.39 is 0 Å². The fourth-order valence-corrected chi connectivity index (χ4v) is 8.58. The highest BCUT2D eigenvalue weighted by molar-refractivity contribution is 6.98. The number of furan rings is 1. The first-order chi connectivity index (χ1) is 26.8. The van der Waals surface area contributed by atoms with Crippen LogP contribution in [-0.2, 0) is 0 Å². The molecular formula is C50H32BNO2. The summed E-state index contributed by atoms with van der Waals surface area (Å²) in [7, 11) is 0. The molecule has 11 rings (SSSR count). The Bertz CT molecular complexity index is 3040. The van der Waals surface area contributed by atoms with E-state index in [-0.39, 0.29) is 6.71 Å². The molecule has 54 heavy (non-hydrogen) atoms. The number of ether oxygens (including phenoxy) is 1. The Hall–Kier alpha value is -7.04. The van der Waals surface area contributed by atoms with Crippen LogP contribution in [0.1, 0.15) is 0 Å². The minimum atomic E-state index is 0.0366. The molecule has 0 N–H and O–H groups in total. The molecule has 0 unspecified atom stereocenters. The zero-order chi connectivity index (χ0) is 35.6. The number of para-hydroxylation sites is 2. The molecule has 10 aromatic rings. The van der Waals surface area contributed by atoms with Crippen molar-refractivity contribution in [3.63, 3.8) is 0 Å². The van der Waals surface area contributed by atoms with Crippen LogP contribution in [-0.4, -0.2) is 6.71 Å². The predicted octanol–water partition coefficient (Wildman–Crippen LogP) is 11.7. The number of hydrogen-bond donors (Lipinski definition) is 0. The Labute approximate surface area is 313 Å². The standard InChI is InChI=1S/C50H32BNO2/c1-3-15-34(16-4-1)51(44-22-11-14-33-13-7-8-19-38(33)44)45-29-28-41-40-27-25-37(32-49(40)54-48-24-12-21-42(45)50(41)48)52(35-17-5-2-6-18-35)36-26-30-47-43(31-36)39-20-9-10-23-46(39)53-47/h1-32H. The Balaban J connectivity index is 1.07. The van der Waals surface area contributed by atoms with Gasteiger partial charge in [-0.2, -0.15) is 0 Å². The van der Waals surface area contributed by atoms with Gasteiger partial charge in [-0.1, -0.05) is 150 Å². The molecule has 252 valence electrons. The fourth-order valence-electron chi connectivity index (χ4n) is 8.58. The van der Waals surface area contributed by atoms with Gasteiger partial charge in [0.25, 0.3) is 0 Å². The first-order valence-corrected chi connectivity index (χ1v) is 18.5. The normalized spacial score (nSPS) is 11.9. The molecule has 3 nitrogen and oxygen atoms in total. The molecule has 0 aliphatic carbocycles. The third-order valence-electron chi connectivity index (χ3n) is 11.0. The van der Waals surface area contributed by atoms with Crippen molar-refractivity contribution in [2.75, 3.05) is 4.90 Å². The number of anilines is 3. The Kier molecular flexibility index (Phi) is 6.96. The quantitative estimate of drug-likeness (QED) is 0.163. The molecule has 0 radical (unpaired) electrons. The number of hydrogen-bond acceptors (Lipinski definition) is 3. The number of benzene rings is 9. The van der Waals surface area contributed by atoms with Crippen molar-refractivity contribution in [3.05, 3.63) is 194 Å². The van der Waals surface area contributed by atoms with Gasteiger partial charge in [0.1, 0.15) is 22.7 Å². The van der Waals surface area contributed by atoms with Crippen LogP contribution in [0.25, 0.3) is 54.6 Å². The highest BCUT2D eigenvalue weighted by atomic mass is 16.5. The van der Waals surface area contributed by atoms with Crippen molar-refractivity contribution in [2.24, 2.45) is 0 Å². The van der Waals surface area contributed by atoms with Crippen LogP contribution in [0.4, 0.5) is 17.1 Å². The summed E-state index contributed by atoms with van der Waals surface area (Å²) in [6, 6.07) is 69.2. The van der Waals surface area contributed by atoms with Gasteiger partial charge in [0, 0.05) is 44.9 Å². The first kappa shape index (κ1) is 30.6. The third-order valence-corrected chi connectivity index (χ3v) is 11.0. The van der Waals surface area contributed by atoms with E-state index in [2.05, 4.69) is 187 Å². The van der Waals surface area contributed by atoms with E-state index >= 15 is 0 Å². The summed E-state index contributed by atoms with van der Waals surface area (Å²) in [6.45, 7) is 0.0366. The predicted molar refractivity (Wildman–Crippen MR) is 226 cm³/mol. The monoisotopic (exact) mass is 689 g/mol. The van der Waals surface area contributed by atoms with Gasteiger partial charge in [0.05, 0.1) is 0 Å². The molecule has 0 fully saturated rings. The van der Waals surface area contributed by atoms with Crippen molar-refractivity contribution in [1.82, 2.24) is 0 Å². The fraction of sp³-hybridized carbons (Fsp3) is 0. The second-order valence-corrected chi connectivity index (χ2v) is 14.0. The summed E-state index contributed by atoms with van der Waals surface area (Å²) >= 11 is 0. The number of nitrogens with zero attached hydrogens (tertiary/aromatic N) is 1. The molecule has 4 heteroatoms. The van der Waals surface area contributed by atoms with E-state index in [0.717, 1.165) is 61.4 Å². The average molecular weight is 690 g/mol. The van der Waals surface area contributed by atoms with E-state index in [1.165, 1.54) is 38.1 Å². The topological polar surface area (TPSA) is 25.6 Å². The van der Waals surface area contributed by atoms with Crippen LogP contribution in [0.3, 0.4) is 0 Å². The van der Waals surface area contributed by atoms with Gasteiger partial charge in [0.2, 0.25) is 6.71 Å². The summed E-state index contributed by atoms with van der Waals surface area (Å²) < 4.78 is 13.1. The van der Waals surface area contributed by atoms with Crippen LogP contribution in [0, 0.1) is 0 Å². The zero-order valence-corrected chi connectivity index (χ0v) is 29.3. The van der Waals surface area contributed by atoms with Crippen molar-refractivity contribution < 1.29 is 9.15 Å². The van der Waals surface area contributed by atoms with E-state index in [9.17, 15) is 0 Å². The van der Waals surface area contributed by atoms with E-state index in [4.69, 9.17) is 9.15 Å². The molecule has 2 heterocycles. The van der Waals surface area contributed by atoms with Crippen LogP contribution in [0.5, 0.6) is 11.5 Å². The third kappa shape index (κ3) is 4.84. The maximum atomic E-state index is 6.90. The average Bonchev–Trinajstić information content (AvgIpc) is 3.61. The van der Waals surface area contributed by atoms with Crippen LogP contribution >= 0.6 is 0 Å². The molecule has 1 aromatic heterocycles. The van der Waals surface area contributed by atoms with Gasteiger partial charge < -0.3 is 14.1 Å². The lowest BCUT2D eigenvalue weighted by atomic mass is 9.35. The highest BCUT2D eigenvalue weighted by Crippen LogP contribution is 2.49. The smallest absolute Gasteiger partial charge is 0.242 e. The molecule has 0 saturated carbocycles. The molecular weight excluding hydrogens is 657 g/mol. The summed E-state index contributed by atoms with van der Waals surface area (Å²) in [5.74, 6) is 1.71. The van der Waals surface area contributed by atoms with E-state index in [1.54, 1.807) is 0 Å². The van der Waals surface area contributed by atoms with Crippen LogP contribution in [0.15, 0.2) is 199 Å². The number of fused-ring (bicyclic) bond motifs is 6. The van der Waals surface area contributed by atoms with Crippen molar-refractivity contribution >= 4 is 83.6 Å². The molecule has 0 amide bonds. The summed E-state index contributed by atoms with van der Waals surface area (Å²) in [5.41, 5.74) is 11.0. The second kappa shape index (κ2) is 12.3. The molecule has 1 aliphatic rings. The minimum Gasteiger partial charge on any atom is -0.456 e. The molecule has 1 aliphatic heterocycles. The molecule has 0 bridgehead atoms. The van der Waals surface area contributed by atoms with Gasteiger partial charge in [0.15, 0.2) is 0 Å². The van der Waals surface area contributed by atoms with Gasteiger partial charge in [-0.3, -0.25) is 0 Å². The highest BCUT2D eigenvalue weighted by Gasteiger charge is 2.29. The molecule has 0 spiro atoms. The maximum absolute atomic E-state index is 6.90. The lowest BCUT2D eigenvalue weighted by Crippen LogP contribution is -2.52. The van der Waals surface area contributed by atoms with Crippen LogP contribution in [0.2, 0.25) is 0 Å². The van der Waals surface area contributed by atoms with Crippen LogP contribution < -0.4 is 26.0 Å². The Morgan fingerprint density at radius 1 is 0.389 bits per heavy atom. The lowest BCUT2D eigenvalue weighted by Gasteiger charge is -2.28. The summed E-state index contributed by atoms with van der Waals surface area (Å²) in [4.78, 5) is 2.29. The SMILES string of the molecule is c1ccc(B(c2cccc3ccccc23)c2ccc3c4c(cccc24)Oc2cc(N(c4ccccc4)c4ccc5oc6ccccc6c5c4)ccc2-3)cc1. The van der Waals surface area contributed by atoms with Gasteiger partial charge in [-0.25, -0.2) is 0 Å². The summed E-state index contributed by atoms with van der Waals surface area (Å²) in [6.07, 6.45) is 0. The van der Waals surface area contributed by atoms with E-state index in [1.807, 2.05) is 12.1 Å². The summed E-state index contributed by atoms with van der Waals surface area (Å²) in [5, 5.41) is 7.06. The first-order valence-electron chi connectivity index (χ1n) is 18.5. The van der Waals surface area contributed by atoms with E-state index in [0.29, 0.717) is 0 Å². The second-order valence-electron chi connectivity index (χ2n) is 14.0. The van der Waals surface area contributed by atoms with Gasteiger partial charge >= 0.3 is 0 Å².